The van der Waals surface area contributed by atoms with Gasteiger partial charge in [-0.05, 0) is 53.3 Å². The Hall–Kier alpha value is -1.19. The van der Waals surface area contributed by atoms with Gasteiger partial charge in [-0.1, -0.05) is 26.0 Å². The van der Waals surface area contributed by atoms with Gasteiger partial charge in [0.1, 0.15) is 5.82 Å². The van der Waals surface area contributed by atoms with Crippen LogP contribution in [0, 0.1) is 17.2 Å². The maximum atomic E-state index is 13.9. The zero-order valence-electron chi connectivity index (χ0n) is 12.7. The molecule has 2 aromatic rings. The summed E-state index contributed by atoms with van der Waals surface area (Å²) in [7, 11) is 0. The molecule has 0 aliphatic heterocycles. The van der Waals surface area contributed by atoms with E-state index >= 15 is 0 Å². The minimum absolute atomic E-state index is 0.137. The van der Waals surface area contributed by atoms with Gasteiger partial charge in [0, 0.05) is 23.5 Å². The number of thiophene rings is 1. The first-order chi connectivity index (χ1) is 10.1. The molecule has 1 fully saturated rings. The van der Waals surface area contributed by atoms with Crippen molar-refractivity contribution < 1.29 is 4.39 Å². The molecule has 1 aliphatic rings. The molecular formula is C18H22FNS. The van der Waals surface area contributed by atoms with Gasteiger partial charge in [-0.3, -0.25) is 0 Å². The maximum Gasteiger partial charge on any atom is 0.131 e. The van der Waals surface area contributed by atoms with Gasteiger partial charge in [0.25, 0.3) is 0 Å². The second-order valence-electron chi connectivity index (χ2n) is 6.41. The Kier molecular flexibility index (Phi) is 4.14. The van der Waals surface area contributed by atoms with Crippen molar-refractivity contribution in [1.82, 2.24) is 5.32 Å². The van der Waals surface area contributed by atoms with Gasteiger partial charge in [-0.15, -0.1) is 11.3 Å². The molecule has 1 N–H and O–H groups in total. The van der Waals surface area contributed by atoms with Crippen molar-refractivity contribution in [3.8, 4) is 10.4 Å². The molecule has 0 bridgehead atoms. The van der Waals surface area contributed by atoms with Crippen LogP contribution in [0.4, 0.5) is 4.39 Å². The van der Waals surface area contributed by atoms with Crippen molar-refractivity contribution in [2.24, 2.45) is 11.3 Å². The first-order valence-corrected chi connectivity index (χ1v) is 8.52. The van der Waals surface area contributed by atoms with E-state index in [-0.39, 0.29) is 5.82 Å². The van der Waals surface area contributed by atoms with Crippen LogP contribution in [0.1, 0.15) is 32.3 Å². The van der Waals surface area contributed by atoms with Crippen molar-refractivity contribution >= 4 is 11.3 Å². The van der Waals surface area contributed by atoms with Gasteiger partial charge in [0.15, 0.2) is 0 Å². The highest BCUT2D eigenvalue weighted by Crippen LogP contribution is 2.51. The monoisotopic (exact) mass is 303 g/mol. The Labute approximate surface area is 130 Å². The topological polar surface area (TPSA) is 12.0 Å². The minimum Gasteiger partial charge on any atom is -0.312 e. The third kappa shape index (κ3) is 3.19. The SMILES string of the molecule is CC(C)C1(CNCc2ccc(F)c(-c3cccs3)c2)CC1. The van der Waals surface area contributed by atoms with Gasteiger partial charge in [0.2, 0.25) is 0 Å². The number of rotatable bonds is 6. The second-order valence-corrected chi connectivity index (χ2v) is 7.36. The molecule has 1 aromatic heterocycles. The Morgan fingerprint density at radius 2 is 2.10 bits per heavy atom. The summed E-state index contributed by atoms with van der Waals surface area (Å²) in [5.74, 6) is 0.599. The van der Waals surface area contributed by atoms with Crippen molar-refractivity contribution in [2.45, 2.75) is 33.2 Å². The lowest BCUT2D eigenvalue weighted by Crippen LogP contribution is -2.27. The molecule has 0 amide bonds. The molecule has 1 heterocycles. The molecule has 0 radical (unpaired) electrons. The van der Waals surface area contributed by atoms with Crippen LogP contribution in [0.15, 0.2) is 35.7 Å². The number of nitrogens with one attached hydrogen (secondary N) is 1. The van der Waals surface area contributed by atoms with Crippen molar-refractivity contribution in [3.05, 3.63) is 47.1 Å². The van der Waals surface area contributed by atoms with Crippen LogP contribution in [-0.2, 0) is 6.54 Å². The van der Waals surface area contributed by atoms with E-state index in [9.17, 15) is 4.39 Å². The summed E-state index contributed by atoms with van der Waals surface area (Å²) in [5, 5.41) is 5.54. The Morgan fingerprint density at radius 3 is 2.71 bits per heavy atom. The van der Waals surface area contributed by atoms with E-state index in [1.165, 1.54) is 12.8 Å². The van der Waals surface area contributed by atoms with Gasteiger partial charge in [-0.2, -0.15) is 0 Å². The summed E-state index contributed by atoms with van der Waals surface area (Å²) in [6.07, 6.45) is 2.67. The fourth-order valence-corrected chi connectivity index (χ4v) is 3.62. The molecule has 1 aliphatic carbocycles. The summed E-state index contributed by atoms with van der Waals surface area (Å²) in [4.78, 5) is 0.996. The zero-order chi connectivity index (χ0) is 14.9. The van der Waals surface area contributed by atoms with Gasteiger partial charge >= 0.3 is 0 Å². The molecular weight excluding hydrogens is 281 g/mol. The standard InChI is InChI=1S/C18H22FNS/c1-13(2)18(7-8-18)12-20-11-14-5-6-16(19)15(10-14)17-4-3-9-21-17/h3-6,9-10,13,20H,7-8,11-12H2,1-2H3. The minimum atomic E-state index is -0.137. The smallest absolute Gasteiger partial charge is 0.131 e. The molecule has 3 rings (SSSR count). The first-order valence-electron chi connectivity index (χ1n) is 7.64. The van der Waals surface area contributed by atoms with Gasteiger partial charge < -0.3 is 5.32 Å². The van der Waals surface area contributed by atoms with Crippen LogP contribution < -0.4 is 5.32 Å². The summed E-state index contributed by atoms with van der Waals surface area (Å²) in [6, 6.07) is 9.38. The van der Waals surface area contributed by atoms with E-state index in [2.05, 4.69) is 19.2 Å². The lowest BCUT2D eigenvalue weighted by atomic mass is 9.92. The van der Waals surface area contributed by atoms with Crippen LogP contribution in [0.2, 0.25) is 0 Å². The predicted molar refractivity (Wildman–Crippen MR) is 87.9 cm³/mol. The molecule has 21 heavy (non-hydrogen) atoms. The van der Waals surface area contributed by atoms with E-state index in [1.807, 2.05) is 29.6 Å². The highest BCUT2D eigenvalue weighted by molar-refractivity contribution is 7.13. The molecule has 1 aromatic carbocycles. The van der Waals surface area contributed by atoms with Crippen LogP contribution in [-0.4, -0.2) is 6.54 Å². The maximum absolute atomic E-state index is 13.9. The molecule has 112 valence electrons. The van der Waals surface area contributed by atoms with E-state index in [0.717, 1.165) is 29.4 Å². The molecule has 0 unspecified atom stereocenters. The fourth-order valence-electron chi connectivity index (χ4n) is 2.88. The van der Waals surface area contributed by atoms with Crippen molar-refractivity contribution in [3.63, 3.8) is 0 Å². The summed E-state index contributed by atoms with van der Waals surface area (Å²) >= 11 is 1.58. The van der Waals surface area contributed by atoms with E-state index in [4.69, 9.17) is 0 Å². The molecule has 3 heteroatoms. The van der Waals surface area contributed by atoms with E-state index in [0.29, 0.717) is 11.0 Å². The van der Waals surface area contributed by atoms with Crippen LogP contribution in [0.3, 0.4) is 0 Å². The zero-order valence-corrected chi connectivity index (χ0v) is 13.5. The third-order valence-corrected chi connectivity index (χ3v) is 5.64. The average molecular weight is 303 g/mol. The van der Waals surface area contributed by atoms with Gasteiger partial charge in [-0.25, -0.2) is 4.39 Å². The molecule has 1 nitrogen and oxygen atoms in total. The average Bonchev–Trinajstić information content (AvgIpc) is 3.06. The summed E-state index contributed by atoms with van der Waals surface area (Å²) < 4.78 is 13.9. The Morgan fingerprint density at radius 1 is 1.29 bits per heavy atom. The van der Waals surface area contributed by atoms with E-state index < -0.39 is 0 Å². The molecule has 1 saturated carbocycles. The first kappa shape index (κ1) is 14.7. The highest BCUT2D eigenvalue weighted by atomic mass is 32.1. The molecule has 0 atom stereocenters. The summed E-state index contributed by atoms with van der Waals surface area (Å²) in [5.41, 5.74) is 2.38. The number of hydrogen-bond acceptors (Lipinski definition) is 2. The number of hydrogen-bond donors (Lipinski definition) is 1. The Bertz CT molecular complexity index is 600. The van der Waals surface area contributed by atoms with Gasteiger partial charge in [0.05, 0.1) is 0 Å². The lowest BCUT2D eigenvalue weighted by Gasteiger charge is -2.20. The Balaban J connectivity index is 1.65. The van der Waals surface area contributed by atoms with E-state index in [1.54, 1.807) is 17.4 Å². The lowest BCUT2D eigenvalue weighted by molar-refractivity contribution is 0.338. The van der Waals surface area contributed by atoms with Crippen LogP contribution in [0.25, 0.3) is 10.4 Å². The quantitative estimate of drug-likeness (QED) is 0.784. The number of benzene rings is 1. The largest absolute Gasteiger partial charge is 0.312 e. The predicted octanol–water partition coefficient (Wildman–Crippen LogP) is 5.08. The molecule has 0 spiro atoms. The summed E-state index contributed by atoms with van der Waals surface area (Å²) in [6.45, 7) is 6.49. The third-order valence-electron chi connectivity index (χ3n) is 4.74. The number of halogens is 1. The van der Waals surface area contributed by atoms with Crippen molar-refractivity contribution in [2.75, 3.05) is 6.54 Å². The van der Waals surface area contributed by atoms with Crippen LogP contribution in [0.5, 0.6) is 0 Å². The van der Waals surface area contributed by atoms with Crippen LogP contribution >= 0.6 is 11.3 Å². The van der Waals surface area contributed by atoms with Crippen molar-refractivity contribution in [1.29, 1.82) is 0 Å². The highest BCUT2D eigenvalue weighted by Gasteiger charge is 2.44. The fraction of sp³-hybridized carbons (Fsp3) is 0.444. The second kappa shape index (κ2) is 5.90. The normalized spacial score (nSPS) is 16.4. The molecule has 0 saturated heterocycles.